The Hall–Kier alpha value is -1.49. The number of imidazole rings is 1. The van der Waals surface area contributed by atoms with E-state index in [1.165, 1.54) is 25.0 Å². The van der Waals surface area contributed by atoms with Crippen molar-refractivity contribution in [1.29, 1.82) is 0 Å². The summed E-state index contributed by atoms with van der Waals surface area (Å²) >= 11 is 2.07. The van der Waals surface area contributed by atoms with Crippen LogP contribution in [0.2, 0.25) is 0 Å². The highest BCUT2D eigenvalue weighted by Gasteiger charge is 2.16. The maximum absolute atomic E-state index is 6.03. The number of aromatic nitrogens is 3. The molecule has 19 heavy (non-hydrogen) atoms. The topological polar surface area (TPSA) is 56.7 Å². The fraction of sp³-hybridized carbons (Fsp3) is 0.429. The van der Waals surface area contributed by atoms with Crippen LogP contribution in [0, 0.1) is 0 Å². The van der Waals surface area contributed by atoms with Crippen molar-refractivity contribution in [2.45, 2.75) is 31.1 Å². The Labute approximate surface area is 117 Å². The van der Waals surface area contributed by atoms with Gasteiger partial charge in [-0.25, -0.2) is 4.98 Å². The van der Waals surface area contributed by atoms with E-state index in [2.05, 4.69) is 26.3 Å². The summed E-state index contributed by atoms with van der Waals surface area (Å²) in [7, 11) is 0. The molecule has 5 heteroatoms. The summed E-state index contributed by atoms with van der Waals surface area (Å²) in [6.45, 7) is 1.01. The fourth-order valence-electron chi connectivity index (χ4n) is 2.48. The van der Waals surface area contributed by atoms with Gasteiger partial charge < -0.3 is 10.3 Å². The lowest BCUT2D eigenvalue weighted by Crippen LogP contribution is -2.17. The molecule has 0 radical (unpaired) electrons. The van der Waals surface area contributed by atoms with E-state index in [9.17, 15) is 0 Å². The molecule has 3 heterocycles. The quantitative estimate of drug-likeness (QED) is 0.935. The first-order valence-corrected chi connectivity index (χ1v) is 7.71. The molecule has 1 fully saturated rings. The SMILES string of the molecule is Nc1ccncc1-c1cncn1CC1CCCCS1. The number of hydrogen-bond acceptors (Lipinski definition) is 4. The standard InChI is InChI=1S/C14H18N4S/c15-13-4-5-16-7-12(13)14-8-17-10-18(14)9-11-3-1-2-6-19-11/h4-5,7-8,10-11H,1-3,6,9H2,(H2,15,16). The highest BCUT2D eigenvalue weighted by molar-refractivity contribution is 7.99. The molecule has 2 aromatic heterocycles. The van der Waals surface area contributed by atoms with Crippen LogP contribution in [0.4, 0.5) is 5.69 Å². The van der Waals surface area contributed by atoms with Crippen LogP contribution in [-0.4, -0.2) is 25.5 Å². The van der Waals surface area contributed by atoms with Gasteiger partial charge >= 0.3 is 0 Å². The molecule has 1 aliphatic rings. The zero-order valence-corrected chi connectivity index (χ0v) is 11.6. The Bertz CT molecular complexity index is 546. The van der Waals surface area contributed by atoms with E-state index >= 15 is 0 Å². The molecular formula is C14H18N4S. The van der Waals surface area contributed by atoms with Crippen LogP contribution in [0.3, 0.4) is 0 Å². The maximum atomic E-state index is 6.03. The van der Waals surface area contributed by atoms with Crippen molar-refractivity contribution in [3.8, 4) is 11.3 Å². The first kappa shape index (κ1) is 12.5. The van der Waals surface area contributed by atoms with Gasteiger partial charge in [0.25, 0.3) is 0 Å². The van der Waals surface area contributed by atoms with E-state index < -0.39 is 0 Å². The van der Waals surface area contributed by atoms with Gasteiger partial charge in [0, 0.05) is 35.4 Å². The minimum Gasteiger partial charge on any atom is -0.398 e. The molecule has 1 atom stereocenters. The molecule has 0 aliphatic carbocycles. The molecule has 0 aromatic carbocycles. The van der Waals surface area contributed by atoms with E-state index in [4.69, 9.17) is 5.73 Å². The Kier molecular flexibility index (Phi) is 3.73. The Morgan fingerprint density at radius 2 is 2.26 bits per heavy atom. The summed E-state index contributed by atoms with van der Waals surface area (Å²) in [5, 5.41) is 0.694. The van der Waals surface area contributed by atoms with E-state index in [1.54, 1.807) is 6.20 Å². The van der Waals surface area contributed by atoms with Gasteiger partial charge in [0.05, 0.1) is 18.2 Å². The van der Waals surface area contributed by atoms with E-state index in [0.29, 0.717) is 5.25 Å². The minimum absolute atomic E-state index is 0.694. The molecule has 4 nitrogen and oxygen atoms in total. The normalized spacial score (nSPS) is 19.5. The molecule has 3 rings (SSSR count). The summed E-state index contributed by atoms with van der Waals surface area (Å²) < 4.78 is 2.20. The highest BCUT2D eigenvalue weighted by Crippen LogP contribution is 2.29. The zero-order valence-electron chi connectivity index (χ0n) is 10.8. The molecule has 1 saturated heterocycles. The molecule has 1 aliphatic heterocycles. The van der Waals surface area contributed by atoms with Gasteiger partial charge in [-0.05, 0) is 24.7 Å². The van der Waals surface area contributed by atoms with Crippen molar-refractivity contribution in [3.63, 3.8) is 0 Å². The predicted molar refractivity (Wildman–Crippen MR) is 80.0 cm³/mol. The number of thioether (sulfide) groups is 1. The van der Waals surface area contributed by atoms with Crippen molar-refractivity contribution in [1.82, 2.24) is 14.5 Å². The average Bonchev–Trinajstić information content (AvgIpc) is 2.88. The van der Waals surface area contributed by atoms with E-state index in [0.717, 1.165) is 23.5 Å². The third kappa shape index (κ3) is 2.76. The van der Waals surface area contributed by atoms with Crippen LogP contribution in [0.25, 0.3) is 11.3 Å². The summed E-state index contributed by atoms with van der Waals surface area (Å²) in [5.74, 6) is 1.28. The summed E-state index contributed by atoms with van der Waals surface area (Å²) in [6, 6.07) is 1.84. The molecule has 0 amide bonds. The van der Waals surface area contributed by atoms with Crippen molar-refractivity contribution in [3.05, 3.63) is 31.0 Å². The number of pyridine rings is 1. The summed E-state index contributed by atoms with van der Waals surface area (Å²) in [4.78, 5) is 8.44. The van der Waals surface area contributed by atoms with Gasteiger partial charge in [0.1, 0.15) is 0 Å². The largest absolute Gasteiger partial charge is 0.398 e. The van der Waals surface area contributed by atoms with Crippen molar-refractivity contribution < 1.29 is 0 Å². The third-order valence-electron chi connectivity index (χ3n) is 3.52. The van der Waals surface area contributed by atoms with Gasteiger partial charge in [-0.3, -0.25) is 4.98 Å². The predicted octanol–water partition coefficient (Wildman–Crippen LogP) is 2.81. The van der Waals surface area contributed by atoms with Crippen LogP contribution in [0.15, 0.2) is 31.0 Å². The Balaban J connectivity index is 1.84. The second kappa shape index (κ2) is 5.65. The smallest absolute Gasteiger partial charge is 0.0951 e. The number of nitrogens with two attached hydrogens (primary N) is 1. The number of rotatable bonds is 3. The first-order chi connectivity index (χ1) is 9.34. The van der Waals surface area contributed by atoms with Crippen LogP contribution < -0.4 is 5.73 Å². The molecule has 1 unspecified atom stereocenters. The van der Waals surface area contributed by atoms with Gasteiger partial charge in [0.15, 0.2) is 0 Å². The van der Waals surface area contributed by atoms with Crippen LogP contribution >= 0.6 is 11.8 Å². The van der Waals surface area contributed by atoms with Gasteiger partial charge in [0.2, 0.25) is 0 Å². The number of nitrogens with zero attached hydrogens (tertiary/aromatic N) is 3. The second-order valence-corrected chi connectivity index (χ2v) is 6.29. The van der Waals surface area contributed by atoms with Gasteiger partial charge in [-0.15, -0.1) is 0 Å². The van der Waals surface area contributed by atoms with Crippen molar-refractivity contribution >= 4 is 17.4 Å². The first-order valence-electron chi connectivity index (χ1n) is 6.66. The van der Waals surface area contributed by atoms with Gasteiger partial charge in [-0.2, -0.15) is 11.8 Å². The van der Waals surface area contributed by atoms with E-state index in [-0.39, 0.29) is 0 Å². The summed E-state index contributed by atoms with van der Waals surface area (Å²) in [5.41, 5.74) is 8.82. The molecule has 2 N–H and O–H groups in total. The third-order valence-corrected chi connectivity index (χ3v) is 4.90. The maximum Gasteiger partial charge on any atom is 0.0951 e. The van der Waals surface area contributed by atoms with Crippen molar-refractivity contribution in [2.75, 3.05) is 11.5 Å². The van der Waals surface area contributed by atoms with Gasteiger partial charge in [-0.1, -0.05) is 6.42 Å². The van der Waals surface area contributed by atoms with E-state index in [1.807, 2.05) is 24.8 Å². The highest BCUT2D eigenvalue weighted by atomic mass is 32.2. The fourth-order valence-corrected chi connectivity index (χ4v) is 3.78. The molecule has 0 saturated carbocycles. The summed E-state index contributed by atoms with van der Waals surface area (Å²) in [6.07, 6.45) is 11.3. The second-order valence-electron chi connectivity index (χ2n) is 4.88. The number of nitrogen functional groups attached to an aromatic ring is 1. The van der Waals surface area contributed by atoms with Crippen molar-refractivity contribution in [2.24, 2.45) is 0 Å². The zero-order chi connectivity index (χ0) is 13.1. The van der Waals surface area contributed by atoms with Crippen LogP contribution in [-0.2, 0) is 6.54 Å². The molecular weight excluding hydrogens is 256 g/mol. The lowest BCUT2D eigenvalue weighted by Gasteiger charge is -2.22. The lowest BCUT2D eigenvalue weighted by atomic mass is 10.1. The minimum atomic E-state index is 0.694. The Morgan fingerprint density at radius 1 is 1.32 bits per heavy atom. The number of hydrogen-bond donors (Lipinski definition) is 1. The molecule has 100 valence electrons. The molecule has 2 aromatic rings. The Morgan fingerprint density at radius 3 is 3.05 bits per heavy atom. The lowest BCUT2D eigenvalue weighted by molar-refractivity contribution is 0.585. The van der Waals surface area contributed by atoms with Crippen LogP contribution in [0.1, 0.15) is 19.3 Å². The number of anilines is 1. The average molecular weight is 274 g/mol. The van der Waals surface area contributed by atoms with Crippen LogP contribution in [0.5, 0.6) is 0 Å². The molecule has 0 bridgehead atoms. The monoisotopic (exact) mass is 274 g/mol. The molecule has 0 spiro atoms.